The Labute approximate surface area is 168 Å². The molecular formula is C25H31NO2. The molecule has 3 heteroatoms. The van der Waals surface area contributed by atoms with Gasteiger partial charge in [-0.25, -0.2) is 0 Å². The van der Waals surface area contributed by atoms with Crippen LogP contribution in [0.2, 0.25) is 0 Å². The maximum Gasteiger partial charge on any atom is 0.223 e. The predicted octanol–water partition coefficient (Wildman–Crippen LogP) is 4.86. The Balaban J connectivity index is 1.53. The normalized spacial score (nSPS) is 28.4. The van der Waals surface area contributed by atoms with Gasteiger partial charge in [-0.3, -0.25) is 4.79 Å². The molecule has 0 aromatic heterocycles. The second-order valence-electron chi connectivity index (χ2n) is 8.60. The zero-order valence-electron chi connectivity index (χ0n) is 16.8. The lowest BCUT2D eigenvalue weighted by molar-refractivity contribution is -0.155. The molecule has 4 atom stereocenters. The minimum absolute atomic E-state index is 0.133. The van der Waals surface area contributed by atoms with Crippen LogP contribution in [0.4, 0.5) is 0 Å². The summed E-state index contributed by atoms with van der Waals surface area (Å²) < 4.78 is 0. The molecule has 2 aromatic carbocycles. The van der Waals surface area contributed by atoms with Gasteiger partial charge in [0.1, 0.15) is 0 Å². The number of carbonyl (C=O) groups excluding carboxylic acids is 1. The van der Waals surface area contributed by atoms with E-state index in [4.69, 9.17) is 0 Å². The lowest BCUT2D eigenvalue weighted by atomic mass is 9.66. The largest absolute Gasteiger partial charge is 0.385 e. The highest BCUT2D eigenvalue weighted by atomic mass is 16.3. The van der Waals surface area contributed by atoms with Crippen molar-refractivity contribution in [2.75, 3.05) is 6.54 Å². The minimum Gasteiger partial charge on any atom is -0.385 e. The molecule has 2 fully saturated rings. The van der Waals surface area contributed by atoms with E-state index in [1.165, 1.54) is 5.56 Å². The van der Waals surface area contributed by atoms with E-state index < -0.39 is 5.60 Å². The molecule has 0 spiro atoms. The first-order valence-corrected chi connectivity index (χ1v) is 10.7. The van der Waals surface area contributed by atoms with Crippen molar-refractivity contribution >= 4 is 5.91 Å². The van der Waals surface area contributed by atoms with Crippen molar-refractivity contribution in [2.45, 2.75) is 63.0 Å². The van der Waals surface area contributed by atoms with Crippen LogP contribution in [-0.2, 0) is 10.4 Å². The zero-order chi connectivity index (χ0) is 19.6. The zero-order valence-corrected chi connectivity index (χ0v) is 16.8. The van der Waals surface area contributed by atoms with Crippen LogP contribution in [0.25, 0.3) is 0 Å². The van der Waals surface area contributed by atoms with E-state index in [1.54, 1.807) is 0 Å². The smallest absolute Gasteiger partial charge is 0.223 e. The fourth-order valence-corrected chi connectivity index (χ4v) is 5.36. The molecule has 1 heterocycles. The molecule has 1 N–H and O–H groups in total. The van der Waals surface area contributed by atoms with Gasteiger partial charge in [0, 0.05) is 24.9 Å². The Bertz CT molecular complexity index is 791. The van der Waals surface area contributed by atoms with E-state index >= 15 is 0 Å². The van der Waals surface area contributed by atoms with Gasteiger partial charge < -0.3 is 10.0 Å². The molecule has 1 aliphatic heterocycles. The van der Waals surface area contributed by atoms with Gasteiger partial charge in [-0.05, 0) is 36.3 Å². The summed E-state index contributed by atoms with van der Waals surface area (Å²) in [6, 6.07) is 20.5. The third kappa shape index (κ3) is 3.60. The van der Waals surface area contributed by atoms with E-state index in [0.29, 0.717) is 19.4 Å². The van der Waals surface area contributed by atoms with Gasteiger partial charge in [-0.1, -0.05) is 80.4 Å². The van der Waals surface area contributed by atoms with Crippen LogP contribution in [-0.4, -0.2) is 28.5 Å². The van der Waals surface area contributed by atoms with E-state index in [0.717, 1.165) is 31.2 Å². The first-order valence-electron chi connectivity index (χ1n) is 10.7. The number of amides is 1. The van der Waals surface area contributed by atoms with Crippen molar-refractivity contribution in [1.82, 2.24) is 4.90 Å². The molecule has 4 rings (SSSR count). The van der Waals surface area contributed by atoms with Crippen molar-refractivity contribution in [2.24, 2.45) is 5.92 Å². The van der Waals surface area contributed by atoms with Gasteiger partial charge in [0.25, 0.3) is 0 Å². The first-order chi connectivity index (χ1) is 13.6. The molecule has 0 radical (unpaired) electrons. The molecule has 0 bridgehead atoms. The van der Waals surface area contributed by atoms with Gasteiger partial charge in [-0.15, -0.1) is 0 Å². The maximum absolute atomic E-state index is 13.2. The number of aliphatic hydroxyl groups is 1. The molecule has 148 valence electrons. The van der Waals surface area contributed by atoms with E-state index in [-0.39, 0.29) is 23.8 Å². The van der Waals surface area contributed by atoms with Gasteiger partial charge in [0.2, 0.25) is 5.91 Å². The van der Waals surface area contributed by atoms with Crippen LogP contribution >= 0.6 is 0 Å². The highest BCUT2D eigenvalue weighted by Gasteiger charge is 2.50. The number of nitrogens with zero attached hydrogens (tertiary/aromatic N) is 1. The summed E-state index contributed by atoms with van der Waals surface area (Å²) in [7, 11) is 0. The standard InChI is InChI=1S/C25H31NO2/c1-19(20-10-4-2-5-11-20)18-24(27)26-17-16-25(28,21-12-6-3-7-13-21)22-14-8-9-15-23(22)26/h2-7,10-13,19,22-23,28H,8-9,14-18H2,1H3/t19?,22-,23+,25?/m0/s1. The molecule has 1 amide bonds. The SMILES string of the molecule is CC(CC(=O)N1CCC(O)(c2ccccc2)[C@H]2CCCC[C@H]21)c1ccccc1. The number of carbonyl (C=O) groups is 1. The van der Waals surface area contributed by atoms with Crippen LogP contribution in [0.15, 0.2) is 60.7 Å². The summed E-state index contributed by atoms with van der Waals surface area (Å²) in [4.78, 5) is 15.3. The second-order valence-corrected chi connectivity index (χ2v) is 8.60. The summed E-state index contributed by atoms with van der Waals surface area (Å²) in [6.45, 7) is 2.78. The molecule has 28 heavy (non-hydrogen) atoms. The van der Waals surface area contributed by atoms with E-state index in [9.17, 15) is 9.90 Å². The van der Waals surface area contributed by atoms with Crippen LogP contribution in [0.3, 0.4) is 0 Å². The van der Waals surface area contributed by atoms with Crippen molar-refractivity contribution in [1.29, 1.82) is 0 Å². The molecule has 2 unspecified atom stereocenters. The summed E-state index contributed by atoms with van der Waals surface area (Å²) in [5, 5.41) is 11.7. The number of piperidine rings is 1. The fourth-order valence-electron chi connectivity index (χ4n) is 5.36. The maximum atomic E-state index is 13.2. The number of rotatable bonds is 4. The molecular weight excluding hydrogens is 346 g/mol. The molecule has 2 aliphatic rings. The van der Waals surface area contributed by atoms with Gasteiger partial charge >= 0.3 is 0 Å². The molecule has 1 aliphatic carbocycles. The number of fused-ring (bicyclic) bond motifs is 1. The van der Waals surface area contributed by atoms with Gasteiger partial charge in [0.15, 0.2) is 0 Å². The number of hydrogen-bond donors (Lipinski definition) is 1. The Morgan fingerprint density at radius 2 is 1.71 bits per heavy atom. The Hall–Kier alpha value is -2.13. The summed E-state index contributed by atoms with van der Waals surface area (Å²) in [5.74, 6) is 0.586. The quantitative estimate of drug-likeness (QED) is 0.827. The highest BCUT2D eigenvalue weighted by molar-refractivity contribution is 5.77. The number of benzene rings is 2. The van der Waals surface area contributed by atoms with Crippen LogP contribution in [0.1, 0.15) is 62.5 Å². The lowest BCUT2D eigenvalue weighted by Crippen LogP contribution is -2.59. The minimum atomic E-state index is -0.811. The third-order valence-corrected chi connectivity index (χ3v) is 6.92. The molecule has 1 saturated carbocycles. The lowest BCUT2D eigenvalue weighted by Gasteiger charge is -2.52. The Morgan fingerprint density at radius 3 is 2.43 bits per heavy atom. The van der Waals surface area contributed by atoms with Crippen molar-refractivity contribution in [3.63, 3.8) is 0 Å². The van der Waals surface area contributed by atoms with Crippen LogP contribution in [0, 0.1) is 5.92 Å². The third-order valence-electron chi connectivity index (χ3n) is 6.92. The Morgan fingerprint density at radius 1 is 1.07 bits per heavy atom. The molecule has 3 nitrogen and oxygen atoms in total. The highest BCUT2D eigenvalue weighted by Crippen LogP contribution is 2.47. The van der Waals surface area contributed by atoms with Crippen molar-refractivity contribution in [3.8, 4) is 0 Å². The topological polar surface area (TPSA) is 40.5 Å². The average Bonchev–Trinajstić information content (AvgIpc) is 2.75. The van der Waals surface area contributed by atoms with Crippen molar-refractivity contribution < 1.29 is 9.90 Å². The summed E-state index contributed by atoms with van der Waals surface area (Å²) in [6.07, 6.45) is 5.45. The van der Waals surface area contributed by atoms with Crippen LogP contribution < -0.4 is 0 Å². The predicted molar refractivity (Wildman–Crippen MR) is 112 cm³/mol. The van der Waals surface area contributed by atoms with E-state index in [1.807, 2.05) is 48.5 Å². The van der Waals surface area contributed by atoms with Crippen LogP contribution in [0.5, 0.6) is 0 Å². The van der Waals surface area contributed by atoms with Gasteiger partial charge in [0.05, 0.1) is 5.60 Å². The first kappa shape index (κ1) is 19.2. The second kappa shape index (κ2) is 8.08. The Kier molecular flexibility index (Phi) is 5.54. The molecule has 1 saturated heterocycles. The summed E-state index contributed by atoms with van der Waals surface area (Å²) in [5.41, 5.74) is 1.42. The van der Waals surface area contributed by atoms with Gasteiger partial charge in [-0.2, -0.15) is 0 Å². The van der Waals surface area contributed by atoms with Crippen molar-refractivity contribution in [3.05, 3.63) is 71.8 Å². The average molecular weight is 378 g/mol. The fraction of sp³-hybridized carbons (Fsp3) is 0.480. The number of hydrogen-bond acceptors (Lipinski definition) is 2. The molecule has 2 aromatic rings. The monoisotopic (exact) mass is 377 g/mol. The summed E-state index contributed by atoms with van der Waals surface area (Å²) >= 11 is 0. The number of likely N-dealkylation sites (tertiary alicyclic amines) is 1. The van der Waals surface area contributed by atoms with E-state index in [2.05, 4.69) is 24.0 Å².